The van der Waals surface area contributed by atoms with Crippen LogP contribution in [0.25, 0.3) is 10.9 Å². The van der Waals surface area contributed by atoms with Crippen LogP contribution in [-0.2, 0) is 11.2 Å². The Labute approximate surface area is 129 Å². The average Bonchev–Trinajstić information content (AvgIpc) is 2.89. The smallest absolute Gasteiger partial charge is 0.270 e. The van der Waals surface area contributed by atoms with Crippen LogP contribution in [0.3, 0.4) is 0 Å². The summed E-state index contributed by atoms with van der Waals surface area (Å²) in [5.41, 5.74) is 1.15. The number of fused-ring (bicyclic) bond motifs is 1. The van der Waals surface area contributed by atoms with Crippen LogP contribution in [0.15, 0.2) is 42.5 Å². The number of nitrogens with zero attached hydrogens (tertiary/aromatic N) is 2. The third kappa shape index (κ3) is 3.10. The number of benzene rings is 2. The van der Waals surface area contributed by atoms with Crippen molar-refractivity contribution in [3.8, 4) is 5.75 Å². The minimum absolute atomic E-state index is 0.0533. The first-order chi connectivity index (χ1) is 11.0. The van der Waals surface area contributed by atoms with Gasteiger partial charge in [0.25, 0.3) is 5.69 Å². The normalized spacial score (nSPS) is 10.6. The molecule has 23 heavy (non-hydrogen) atoms. The van der Waals surface area contributed by atoms with Gasteiger partial charge in [-0.1, -0.05) is 12.1 Å². The molecule has 8 heteroatoms. The van der Waals surface area contributed by atoms with Gasteiger partial charge in [-0.25, -0.2) is 0 Å². The van der Waals surface area contributed by atoms with E-state index in [1.54, 1.807) is 12.1 Å². The predicted molar refractivity (Wildman–Crippen MR) is 83.2 cm³/mol. The molecule has 0 atom stereocenters. The lowest BCUT2D eigenvalue weighted by Crippen LogP contribution is -2.14. The molecular weight excluding hydrogens is 300 g/mol. The Morgan fingerprint density at radius 2 is 2.13 bits per heavy atom. The number of carbonyl (C=O) groups is 1. The summed E-state index contributed by atoms with van der Waals surface area (Å²) in [5.74, 6) is -0.0273. The van der Waals surface area contributed by atoms with Gasteiger partial charge in [0.1, 0.15) is 5.75 Å². The molecular formula is C15H12N4O4. The van der Waals surface area contributed by atoms with Crippen molar-refractivity contribution in [3.05, 3.63) is 58.1 Å². The maximum absolute atomic E-state index is 12.1. The SMILES string of the molecule is O=C(Cc1cccc(O)c1)Nc1n[nH]c2ccc([N+](=O)[O-])cc12. The summed E-state index contributed by atoms with van der Waals surface area (Å²) in [6, 6.07) is 10.6. The van der Waals surface area contributed by atoms with E-state index in [0.29, 0.717) is 16.5 Å². The Kier molecular flexibility index (Phi) is 3.63. The molecule has 2 aromatic carbocycles. The number of carbonyl (C=O) groups excluding carboxylic acids is 1. The zero-order chi connectivity index (χ0) is 16.4. The fourth-order valence-electron chi connectivity index (χ4n) is 2.24. The molecule has 0 radical (unpaired) electrons. The molecule has 3 N–H and O–H groups in total. The Morgan fingerprint density at radius 1 is 1.30 bits per heavy atom. The molecule has 0 spiro atoms. The van der Waals surface area contributed by atoms with Crippen LogP contribution in [0.1, 0.15) is 5.56 Å². The van der Waals surface area contributed by atoms with Gasteiger partial charge in [-0.2, -0.15) is 5.10 Å². The number of anilines is 1. The lowest BCUT2D eigenvalue weighted by molar-refractivity contribution is -0.384. The van der Waals surface area contributed by atoms with E-state index in [1.165, 1.54) is 30.3 Å². The van der Waals surface area contributed by atoms with E-state index >= 15 is 0 Å². The molecule has 1 heterocycles. The van der Waals surface area contributed by atoms with Crippen molar-refractivity contribution in [2.45, 2.75) is 6.42 Å². The number of aromatic amines is 1. The highest BCUT2D eigenvalue weighted by Gasteiger charge is 2.14. The van der Waals surface area contributed by atoms with Gasteiger partial charge < -0.3 is 10.4 Å². The van der Waals surface area contributed by atoms with E-state index in [4.69, 9.17) is 0 Å². The molecule has 0 saturated heterocycles. The minimum atomic E-state index is -0.509. The van der Waals surface area contributed by atoms with E-state index in [9.17, 15) is 20.0 Å². The van der Waals surface area contributed by atoms with Gasteiger partial charge in [-0.05, 0) is 23.8 Å². The number of amides is 1. The van der Waals surface area contributed by atoms with Crippen LogP contribution in [0.2, 0.25) is 0 Å². The van der Waals surface area contributed by atoms with E-state index < -0.39 is 4.92 Å². The van der Waals surface area contributed by atoms with Crippen LogP contribution in [0.4, 0.5) is 11.5 Å². The largest absolute Gasteiger partial charge is 0.508 e. The summed E-state index contributed by atoms with van der Waals surface area (Å²) in [6.45, 7) is 0. The third-order valence-corrected chi connectivity index (χ3v) is 3.29. The number of nitrogens with one attached hydrogen (secondary N) is 2. The topological polar surface area (TPSA) is 121 Å². The number of hydrogen-bond donors (Lipinski definition) is 3. The Bertz CT molecular complexity index is 903. The molecule has 0 saturated carbocycles. The number of phenolic OH excluding ortho intramolecular Hbond substituents is 1. The third-order valence-electron chi connectivity index (χ3n) is 3.29. The number of aromatic hydroxyl groups is 1. The summed E-state index contributed by atoms with van der Waals surface area (Å²) in [7, 11) is 0. The maximum Gasteiger partial charge on any atom is 0.270 e. The highest BCUT2D eigenvalue weighted by molar-refractivity contribution is 6.00. The second kappa shape index (κ2) is 5.76. The summed E-state index contributed by atoms with van der Waals surface area (Å²) in [5, 5.41) is 30.0. The van der Waals surface area contributed by atoms with E-state index in [-0.39, 0.29) is 29.6 Å². The summed E-state index contributed by atoms with van der Waals surface area (Å²) < 4.78 is 0. The van der Waals surface area contributed by atoms with Crippen molar-refractivity contribution in [1.29, 1.82) is 0 Å². The van der Waals surface area contributed by atoms with E-state index in [1.807, 2.05) is 0 Å². The van der Waals surface area contributed by atoms with Crippen LogP contribution < -0.4 is 5.32 Å². The lowest BCUT2D eigenvalue weighted by Gasteiger charge is -2.03. The van der Waals surface area contributed by atoms with Gasteiger partial charge in [0.15, 0.2) is 5.82 Å². The van der Waals surface area contributed by atoms with E-state index in [2.05, 4.69) is 15.5 Å². The fraction of sp³-hybridized carbons (Fsp3) is 0.0667. The van der Waals surface area contributed by atoms with Crippen LogP contribution in [0.5, 0.6) is 5.75 Å². The average molecular weight is 312 g/mol. The quantitative estimate of drug-likeness (QED) is 0.504. The standard InChI is InChI=1S/C15H12N4O4/c20-11-3-1-2-9(6-11)7-14(21)16-15-12-8-10(19(22)23)4-5-13(12)17-18-15/h1-6,8,20H,7H2,(H2,16,17,18,21). The Hall–Kier alpha value is -3.42. The number of nitro benzene ring substituents is 1. The van der Waals surface area contributed by atoms with Gasteiger partial charge >= 0.3 is 0 Å². The van der Waals surface area contributed by atoms with Gasteiger partial charge in [-0.3, -0.25) is 20.0 Å². The monoisotopic (exact) mass is 312 g/mol. The number of H-pyrrole nitrogens is 1. The predicted octanol–water partition coefficient (Wildman–Crippen LogP) is 2.36. The first-order valence-corrected chi connectivity index (χ1v) is 6.73. The fourth-order valence-corrected chi connectivity index (χ4v) is 2.24. The van der Waals surface area contributed by atoms with E-state index in [0.717, 1.165) is 0 Å². The maximum atomic E-state index is 12.1. The summed E-state index contributed by atoms with van der Waals surface area (Å²) in [4.78, 5) is 22.4. The first kappa shape index (κ1) is 14.5. The van der Waals surface area contributed by atoms with Crippen molar-refractivity contribution in [3.63, 3.8) is 0 Å². The zero-order valence-corrected chi connectivity index (χ0v) is 11.8. The Balaban J connectivity index is 1.82. The van der Waals surface area contributed by atoms with Crippen molar-refractivity contribution in [2.75, 3.05) is 5.32 Å². The Morgan fingerprint density at radius 3 is 2.87 bits per heavy atom. The molecule has 0 bridgehead atoms. The van der Waals surface area contributed by atoms with Crippen LogP contribution >= 0.6 is 0 Å². The molecule has 0 aliphatic rings. The highest BCUT2D eigenvalue weighted by Crippen LogP contribution is 2.25. The molecule has 1 aromatic heterocycles. The summed E-state index contributed by atoms with van der Waals surface area (Å²) in [6.07, 6.45) is 0.0533. The minimum Gasteiger partial charge on any atom is -0.508 e. The van der Waals surface area contributed by atoms with Gasteiger partial charge in [0, 0.05) is 12.1 Å². The van der Waals surface area contributed by atoms with Gasteiger partial charge in [-0.15, -0.1) is 0 Å². The molecule has 0 unspecified atom stereocenters. The highest BCUT2D eigenvalue weighted by atomic mass is 16.6. The molecule has 0 fully saturated rings. The van der Waals surface area contributed by atoms with Crippen molar-refractivity contribution >= 4 is 28.3 Å². The number of hydrogen-bond acceptors (Lipinski definition) is 5. The molecule has 8 nitrogen and oxygen atoms in total. The second-order valence-corrected chi connectivity index (χ2v) is 4.95. The van der Waals surface area contributed by atoms with Crippen molar-refractivity contribution in [1.82, 2.24) is 10.2 Å². The zero-order valence-electron chi connectivity index (χ0n) is 11.8. The van der Waals surface area contributed by atoms with Gasteiger partial charge in [0.2, 0.25) is 5.91 Å². The summed E-state index contributed by atoms with van der Waals surface area (Å²) >= 11 is 0. The van der Waals surface area contributed by atoms with Gasteiger partial charge in [0.05, 0.1) is 22.2 Å². The van der Waals surface area contributed by atoms with Crippen molar-refractivity contribution < 1.29 is 14.8 Å². The first-order valence-electron chi connectivity index (χ1n) is 6.73. The second-order valence-electron chi connectivity index (χ2n) is 4.95. The number of rotatable bonds is 4. The van der Waals surface area contributed by atoms with Crippen molar-refractivity contribution in [2.24, 2.45) is 0 Å². The number of nitro groups is 1. The molecule has 0 aliphatic carbocycles. The lowest BCUT2D eigenvalue weighted by atomic mass is 10.1. The molecule has 3 rings (SSSR count). The van der Waals surface area contributed by atoms with Crippen LogP contribution in [0, 0.1) is 10.1 Å². The number of phenols is 1. The molecule has 116 valence electrons. The number of aromatic nitrogens is 2. The van der Waals surface area contributed by atoms with Crippen LogP contribution in [-0.4, -0.2) is 26.1 Å². The molecule has 0 aliphatic heterocycles. The molecule has 3 aromatic rings. The number of non-ortho nitro benzene ring substituents is 1. The molecule has 1 amide bonds.